The van der Waals surface area contributed by atoms with Crippen LogP contribution in [-0.4, -0.2) is 94.5 Å². The predicted octanol–water partition coefficient (Wildman–Crippen LogP) is -0.553. The zero-order chi connectivity index (χ0) is 28.8. The second kappa shape index (κ2) is 12.6. The van der Waals surface area contributed by atoms with Gasteiger partial charge in [-0.2, -0.15) is 9.97 Å². The molecular weight excluding hydrogens is 544 g/mol. The van der Waals surface area contributed by atoms with Crippen LogP contribution in [-0.2, 0) is 32.9 Å². The number of hydrogen-bond acceptors (Lipinski definition) is 13. The number of aliphatic hydroxyl groups is 1. The van der Waals surface area contributed by atoms with Gasteiger partial charge in [0.15, 0.2) is 17.4 Å². The fourth-order valence-electron chi connectivity index (χ4n) is 3.62. The first kappa shape index (κ1) is 30.2. The van der Waals surface area contributed by atoms with Crippen molar-refractivity contribution in [3.8, 4) is 18.2 Å². The summed E-state index contributed by atoms with van der Waals surface area (Å²) in [7, 11) is -2.85. The summed E-state index contributed by atoms with van der Waals surface area (Å²) >= 11 is 0. The highest BCUT2D eigenvalue weighted by molar-refractivity contribution is 7.54. The molecule has 0 unspecified atom stereocenters. The van der Waals surface area contributed by atoms with Crippen molar-refractivity contribution in [2.75, 3.05) is 45.8 Å². The van der Waals surface area contributed by atoms with Gasteiger partial charge in [-0.15, -0.1) is 6.42 Å². The second-order valence-corrected chi connectivity index (χ2v) is 9.92. The monoisotopic (exact) mass is 573 g/mol. The molecule has 18 heteroatoms. The first-order valence-electron chi connectivity index (χ1n) is 11.6. The fraction of sp³-hybridized carbons (Fsp3) is 0.571. The van der Waals surface area contributed by atoms with Crippen LogP contribution >= 0.6 is 7.67 Å². The summed E-state index contributed by atoms with van der Waals surface area (Å²) < 4.78 is 56.2. The van der Waals surface area contributed by atoms with Crippen molar-refractivity contribution >= 4 is 36.7 Å². The molecule has 0 radical (unpaired) electrons. The zero-order valence-electron chi connectivity index (χ0n) is 21.3. The minimum atomic E-state index is -4.18. The highest BCUT2D eigenvalue weighted by atomic mass is 31.2. The summed E-state index contributed by atoms with van der Waals surface area (Å²) in [4.78, 5) is 35.6. The number of alkyl halides is 1. The Morgan fingerprint density at radius 1 is 1.28 bits per heavy atom. The van der Waals surface area contributed by atoms with Crippen molar-refractivity contribution in [3.05, 3.63) is 6.33 Å². The molecule has 1 aliphatic heterocycles. The van der Waals surface area contributed by atoms with Crippen molar-refractivity contribution < 1.29 is 47.1 Å². The molecule has 3 rings (SSSR count). The average Bonchev–Trinajstić information content (AvgIpc) is 3.43. The number of ether oxygens (including phenoxy) is 4. The van der Waals surface area contributed by atoms with Gasteiger partial charge in [0, 0.05) is 0 Å². The first-order chi connectivity index (χ1) is 18.5. The van der Waals surface area contributed by atoms with Gasteiger partial charge >= 0.3 is 19.6 Å². The number of hydrogen-bond donors (Lipinski definition) is 4. The number of methoxy groups -OCH3 is 1. The third-order valence-corrected chi connectivity index (χ3v) is 7.08. The van der Waals surface area contributed by atoms with Crippen LogP contribution in [0.25, 0.3) is 11.2 Å². The lowest BCUT2D eigenvalue weighted by Gasteiger charge is -2.24. The van der Waals surface area contributed by atoms with Crippen LogP contribution in [0.1, 0.15) is 20.1 Å². The SMILES string of the molecule is C#C[C@@]1(F)[C@H](O)[C@@H](COP(=O)(NCC(=O)OCC)NCC(=O)OCC)O[C@H]1n1cnc2c(OC)nc(N)nc21. The Bertz CT molecular complexity index is 1260. The van der Waals surface area contributed by atoms with Crippen LogP contribution in [0, 0.1) is 12.3 Å². The molecule has 0 aromatic carbocycles. The minimum absolute atomic E-state index is 0.00766. The first-order valence-corrected chi connectivity index (χ1v) is 13.2. The van der Waals surface area contributed by atoms with E-state index < -0.39 is 63.4 Å². The number of anilines is 1. The molecule has 1 saturated heterocycles. The van der Waals surface area contributed by atoms with Gasteiger partial charge in [-0.1, -0.05) is 5.92 Å². The van der Waals surface area contributed by atoms with Crippen LogP contribution in [0.2, 0.25) is 0 Å². The van der Waals surface area contributed by atoms with Gasteiger partial charge in [0.1, 0.15) is 25.3 Å². The molecule has 3 heterocycles. The van der Waals surface area contributed by atoms with E-state index in [0.717, 1.165) is 10.9 Å². The van der Waals surface area contributed by atoms with E-state index in [4.69, 9.17) is 35.6 Å². The van der Waals surface area contributed by atoms with Crippen LogP contribution < -0.4 is 20.6 Å². The number of fused-ring (bicyclic) bond motifs is 1. The van der Waals surface area contributed by atoms with Crippen LogP contribution in [0.15, 0.2) is 6.33 Å². The third kappa shape index (κ3) is 6.61. The van der Waals surface area contributed by atoms with Gasteiger partial charge in [0.25, 0.3) is 0 Å². The molecule has 4 atom stereocenters. The smallest absolute Gasteiger partial charge is 0.341 e. The van der Waals surface area contributed by atoms with Gasteiger partial charge in [0.2, 0.25) is 17.5 Å². The highest BCUT2D eigenvalue weighted by Crippen LogP contribution is 2.45. The van der Waals surface area contributed by atoms with Crippen molar-refractivity contribution in [1.82, 2.24) is 29.7 Å². The van der Waals surface area contributed by atoms with E-state index in [9.17, 15) is 19.3 Å². The Kier molecular flexibility index (Phi) is 9.78. The zero-order valence-corrected chi connectivity index (χ0v) is 22.2. The Morgan fingerprint density at radius 2 is 1.90 bits per heavy atom. The van der Waals surface area contributed by atoms with E-state index in [1.54, 1.807) is 13.8 Å². The van der Waals surface area contributed by atoms with E-state index >= 15 is 4.39 Å². The van der Waals surface area contributed by atoms with Gasteiger partial charge in [-0.25, -0.2) is 19.5 Å². The third-order valence-electron chi connectivity index (χ3n) is 5.41. The molecule has 0 aliphatic carbocycles. The van der Waals surface area contributed by atoms with E-state index in [-0.39, 0.29) is 36.2 Å². The fourth-order valence-corrected chi connectivity index (χ4v) is 4.94. The number of nitrogens with one attached hydrogen (secondary N) is 2. The van der Waals surface area contributed by atoms with Gasteiger partial charge in [-0.3, -0.25) is 18.7 Å². The molecule has 0 saturated carbocycles. The summed E-state index contributed by atoms with van der Waals surface area (Å²) in [5.74, 6) is 0.201. The molecule has 214 valence electrons. The Balaban J connectivity index is 1.83. The Morgan fingerprint density at radius 3 is 2.44 bits per heavy atom. The van der Waals surface area contributed by atoms with Gasteiger partial charge < -0.3 is 34.3 Å². The number of aromatic nitrogens is 4. The lowest BCUT2D eigenvalue weighted by molar-refractivity contribution is -0.142. The Hall–Kier alpha value is -3.39. The van der Waals surface area contributed by atoms with E-state index in [2.05, 4.69) is 25.1 Å². The number of nitrogens with zero attached hydrogens (tertiary/aromatic N) is 4. The van der Waals surface area contributed by atoms with E-state index in [1.165, 1.54) is 7.11 Å². The summed E-state index contributed by atoms with van der Waals surface area (Å²) in [5, 5.41) is 15.4. The number of nitrogen functional groups attached to an aromatic ring is 1. The molecular formula is C21H29FN7O9P. The number of carbonyl (C=O) groups excluding carboxylic acids is 2. The lowest BCUT2D eigenvalue weighted by Crippen LogP contribution is -2.42. The topological polar surface area (TPSA) is 211 Å². The van der Waals surface area contributed by atoms with Crippen molar-refractivity contribution in [2.24, 2.45) is 0 Å². The van der Waals surface area contributed by atoms with Crippen LogP contribution in [0.4, 0.5) is 10.3 Å². The molecule has 2 aromatic rings. The average molecular weight is 573 g/mol. The largest absolute Gasteiger partial charge is 0.479 e. The Labute approximate surface area is 222 Å². The maximum Gasteiger partial charge on any atom is 0.341 e. The maximum absolute atomic E-state index is 16.0. The standard InChI is InChI=1S/C21H29FN7O9P/c1-5-21(22)16(32)12(38-19(21)29-11-24-15-17(29)27-20(23)28-18(15)34-4)10-37-39(33,25-8-13(30)35-6-2)26-9-14(31)36-7-3/h1,11-12,16,19,32H,6-10H2,2-4H3,(H2,23,27,28)(H2,25,26,33)/t12-,16-,19-,21-/m1/s1. The van der Waals surface area contributed by atoms with E-state index in [0.29, 0.717) is 0 Å². The number of terminal acetylenes is 1. The summed E-state index contributed by atoms with van der Waals surface area (Å²) in [5.41, 5.74) is 3.02. The summed E-state index contributed by atoms with van der Waals surface area (Å²) in [6.07, 6.45) is 1.47. The number of nitrogens with two attached hydrogens (primary N) is 1. The molecule has 0 bridgehead atoms. The molecule has 16 nitrogen and oxygen atoms in total. The molecule has 1 fully saturated rings. The maximum atomic E-state index is 16.0. The lowest BCUT2D eigenvalue weighted by atomic mass is 9.97. The summed E-state index contributed by atoms with van der Waals surface area (Å²) in [6.45, 7) is 1.50. The number of imidazole rings is 1. The molecule has 39 heavy (non-hydrogen) atoms. The number of esters is 2. The summed E-state index contributed by atoms with van der Waals surface area (Å²) in [6, 6.07) is 0. The van der Waals surface area contributed by atoms with Crippen LogP contribution in [0.5, 0.6) is 5.88 Å². The highest BCUT2D eigenvalue weighted by Gasteiger charge is 2.58. The number of rotatable bonds is 13. The van der Waals surface area contributed by atoms with E-state index in [1.807, 2.05) is 5.92 Å². The van der Waals surface area contributed by atoms with Crippen molar-refractivity contribution in [2.45, 2.75) is 38.0 Å². The number of aliphatic hydroxyl groups excluding tert-OH is 1. The molecule has 1 aliphatic rings. The molecule has 0 amide bonds. The van der Waals surface area contributed by atoms with Crippen molar-refractivity contribution in [3.63, 3.8) is 0 Å². The molecule has 0 spiro atoms. The minimum Gasteiger partial charge on any atom is -0.479 e. The quantitative estimate of drug-likeness (QED) is 0.134. The normalized spacial score (nSPS) is 22.9. The number of carbonyl (C=O) groups is 2. The molecule has 5 N–H and O–H groups in total. The van der Waals surface area contributed by atoms with Gasteiger partial charge in [-0.05, 0) is 13.8 Å². The predicted molar refractivity (Wildman–Crippen MR) is 132 cm³/mol. The second-order valence-electron chi connectivity index (χ2n) is 7.93. The molecule has 2 aromatic heterocycles. The number of halogens is 1. The van der Waals surface area contributed by atoms with Crippen molar-refractivity contribution in [1.29, 1.82) is 0 Å². The van der Waals surface area contributed by atoms with Gasteiger partial charge in [0.05, 0.1) is 33.3 Å². The van der Waals surface area contributed by atoms with Crippen LogP contribution in [0.3, 0.4) is 0 Å².